The Morgan fingerprint density at radius 3 is 2.39 bits per heavy atom. The highest BCUT2D eigenvalue weighted by Crippen LogP contribution is 2.33. The van der Waals surface area contributed by atoms with E-state index in [2.05, 4.69) is 5.32 Å². The molecule has 9 heteroatoms. The number of carbonyl (C=O) groups is 1. The van der Waals surface area contributed by atoms with Gasteiger partial charge in [-0.25, -0.2) is 12.8 Å². The fourth-order valence-corrected chi connectivity index (χ4v) is 5.33. The van der Waals surface area contributed by atoms with Gasteiger partial charge in [-0.1, -0.05) is 6.07 Å². The minimum Gasteiger partial charge on any atom is -0.486 e. The van der Waals surface area contributed by atoms with Crippen molar-refractivity contribution in [1.29, 1.82) is 0 Å². The molecule has 0 saturated carbocycles. The largest absolute Gasteiger partial charge is 0.486 e. The molecule has 2 heterocycles. The predicted molar refractivity (Wildman–Crippen MR) is 112 cm³/mol. The Balaban J connectivity index is 1.34. The fraction of sp³-hybridized carbons (Fsp3) is 0.409. The maximum atomic E-state index is 13.1. The van der Waals surface area contributed by atoms with E-state index in [9.17, 15) is 17.6 Å². The molecule has 0 aromatic heterocycles. The number of amides is 1. The number of nitrogens with zero attached hydrogens (tertiary/aromatic N) is 1. The van der Waals surface area contributed by atoms with Gasteiger partial charge < -0.3 is 14.8 Å². The quantitative estimate of drug-likeness (QED) is 0.760. The number of benzene rings is 2. The van der Waals surface area contributed by atoms with Crippen LogP contribution in [0.4, 0.5) is 4.39 Å². The van der Waals surface area contributed by atoms with Gasteiger partial charge in [0.05, 0.1) is 10.9 Å². The molecular formula is C22H25FN2O5S. The van der Waals surface area contributed by atoms with Crippen LogP contribution in [-0.2, 0) is 14.8 Å². The summed E-state index contributed by atoms with van der Waals surface area (Å²) in [5, 5.41) is 3.02. The third-order valence-corrected chi connectivity index (χ3v) is 7.61. The Kier molecular flexibility index (Phi) is 6.15. The summed E-state index contributed by atoms with van der Waals surface area (Å²) in [7, 11) is -3.69. The van der Waals surface area contributed by atoms with Crippen LogP contribution >= 0.6 is 0 Å². The fourth-order valence-electron chi connectivity index (χ4n) is 3.86. The average Bonchev–Trinajstić information content (AvgIpc) is 2.79. The number of halogens is 1. The average molecular weight is 449 g/mol. The molecule has 31 heavy (non-hydrogen) atoms. The molecule has 1 fully saturated rings. The summed E-state index contributed by atoms with van der Waals surface area (Å²) < 4.78 is 51.1. The molecule has 1 saturated heterocycles. The second-order valence-electron chi connectivity index (χ2n) is 7.77. The van der Waals surface area contributed by atoms with Crippen molar-refractivity contribution in [3.05, 3.63) is 53.8 Å². The van der Waals surface area contributed by atoms with Crippen molar-refractivity contribution in [2.45, 2.75) is 30.7 Å². The van der Waals surface area contributed by atoms with Gasteiger partial charge in [0.1, 0.15) is 19.0 Å². The van der Waals surface area contributed by atoms with Gasteiger partial charge in [0, 0.05) is 19.0 Å². The first-order valence-corrected chi connectivity index (χ1v) is 11.7. The maximum absolute atomic E-state index is 13.1. The molecule has 0 bridgehead atoms. The molecule has 0 radical (unpaired) electrons. The van der Waals surface area contributed by atoms with Gasteiger partial charge in [0.15, 0.2) is 11.5 Å². The Labute approximate surface area is 181 Å². The van der Waals surface area contributed by atoms with E-state index in [0.717, 1.165) is 17.7 Å². The number of piperidine rings is 1. The first kappa shape index (κ1) is 21.6. The zero-order valence-corrected chi connectivity index (χ0v) is 18.0. The monoisotopic (exact) mass is 448 g/mol. The van der Waals surface area contributed by atoms with Gasteiger partial charge in [-0.3, -0.25) is 4.79 Å². The maximum Gasteiger partial charge on any atom is 0.243 e. The lowest BCUT2D eigenvalue weighted by Gasteiger charge is -2.31. The van der Waals surface area contributed by atoms with Crippen molar-refractivity contribution >= 4 is 15.9 Å². The molecule has 1 amide bonds. The highest BCUT2D eigenvalue weighted by Gasteiger charge is 2.32. The molecule has 7 nitrogen and oxygen atoms in total. The van der Waals surface area contributed by atoms with E-state index in [1.165, 1.54) is 16.4 Å². The molecule has 0 spiro atoms. The van der Waals surface area contributed by atoms with Crippen molar-refractivity contribution in [2.75, 3.05) is 26.3 Å². The van der Waals surface area contributed by atoms with Crippen LogP contribution in [0.5, 0.6) is 11.5 Å². The van der Waals surface area contributed by atoms with Crippen molar-refractivity contribution in [3.8, 4) is 11.5 Å². The molecule has 1 N–H and O–H groups in total. The SMILES string of the molecule is C[C@@H](NC(=O)C1CCN(S(=O)(=O)c2ccc(F)cc2)CC1)c1ccc2c(c1)OCCO2. The number of ether oxygens (including phenoxy) is 2. The minimum atomic E-state index is -3.69. The normalized spacial score (nSPS) is 18.4. The molecular weight excluding hydrogens is 423 g/mol. The van der Waals surface area contributed by atoms with Gasteiger partial charge in [0.2, 0.25) is 15.9 Å². The van der Waals surface area contributed by atoms with Crippen LogP contribution in [0.1, 0.15) is 31.4 Å². The number of hydrogen-bond donors (Lipinski definition) is 1. The van der Waals surface area contributed by atoms with E-state index < -0.39 is 15.8 Å². The number of nitrogens with one attached hydrogen (secondary N) is 1. The Hall–Kier alpha value is -2.65. The molecule has 2 aliphatic heterocycles. The third-order valence-electron chi connectivity index (χ3n) is 5.70. The molecule has 0 unspecified atom stereocenters. The highest BCUT2D eigenvalue weighted by atomic mass is 32.2. The summed E-state index contributed by atoms with van der Waals surface area (Å²) in [6.07, 6.45) is 0.861. The van der Waals surface area contributed by atoms with E-state index in [0.29, 0.717) is 37.6 Å². The van der Waals surface area contributed by atoms with Crippen LogP contribution in [0.2, 0.25) is 0 Å². The Morgan fingerprint density at radius 1 is 1.06 bits per heavy atom. The van der Waals surface area contributed by atoms with E-state index in [4.69, 9.17) is 9.47 Å². The topological polar surface area (TPSA) is 84.9 Å². The van der Waals surface area contributed by atoms with Crippen LogP contribution in [0, 0.1) is 11.7 Å². The molecule has 0 aliphatic carbocycles. The molecule has 2 aromatic rings. The van der Waals surface area contributed by atoms with Gasteiger partial charge in [-0.05, 0) is 61.7 Å². The van der Waals surface area contributed by atoms with Crippen LogP contribution < -0.4 is 14.8 Å². The van der Waals surface area contributed by atoms with Crippen LogP contribution in [0.25, 0.3) is 0 Å². The van der Waals surface area contributed by atoms with E-state index in [-0.39, 0.29) is 35.9 Å². The van der Waals surface area contributed by atoms with Gasteiger partial charge >= 0.3 is 0 Å². The summed E-state index contributed by atoms with van der Waals surface area (Å²) in [6.45, 7) is 3.41. The first-order chi connectivity index (χ1) is 14.8. The van der Waals surface area contributed by atoms with E-state index in [1.807, 2.05) is 25.1 Å². The Morgan fingerprint density at radius 2 is 1.71 bits per heavy atom. The van der Waals surface area contributed by atoms with Gasteiger partial charge in [0.25, 0.3) is 0 Å². The second kappa shape index (κ2) is 8.84. The van der Waals surface area contributed by atoms with Crippen LogP contribution in [0.15, 0.2) is 47.4 Å². The number of rotatable bonds is 5. The number of hydrogen-bond acceptors (Lipinski definition) is 5. The van der Waals surface area contributed by atoms with E-state index >= 15 is 0 Å². The Bertz CT molecular complexity index is 1050. The number of fused-ring (bicyclic) bond motifs is 1. The summed E-state index contributed by atoms with van der Waals surface area (Å²) in [5.41, 5.74) is 0.911. The molecule has 2 aromatic carbocycles. The standard InChI is InChI=1S/C22H25FN2O5S/c1-15(17-2-7-20-21(14-17)30-13-12-29-20)24-22(26)16-8-10-25(11-9-16)31(27,28)19-5-3-18(23)4-6-19/h2-7,14-16H,8-13H2,1H3,(H,24,26)/t15-/m1/s1. The number of sulfonamides is 1. The molecule has 2 aliphatic rings. The van der Waals surface area contributed by atoms with Crippen LogP contribution in [-0.4, -0.2) is 44.9 Å². The lowest BCUT2D eigenvalue weighted by atomic mass is 9.96. The van der Waals surface area contributed by atoms with Gasteiger partial charge in [-0.15, -0.1) is 0 Å². The minimum absolute atomic E-state index is 0.0593. The lowest BCUT2D eigenvalue weighted by molar-refractivity contribution is -0.126. The van der Waals surface area contributed by atoms with E-state index in [1.54, 1.807) is 0 Å². The van der Waals surface area contributed by atoms with Gasteiger partial charge in [-0.2, -0.15) is 4.31 Å². The van der Waals surface area contributed by atoms with Crippen molar-refractivity contribution in [3.63, 3.8) is 0 Å². The summed E-state index contributed by atoms with van der Waals surface area (Å²) in [4.78, 5) is 12.8. The second-order valence-corrected chi connectivity index (χ2v) is 9.70. The molecule has 166 valence electrons. The van der Waals surface area contributed by atoms with Crippen molar-refractivity contribution in [2.24, 2.45) is 5.92 Å². The first-order valence-electron chi connectivity index (χ1n) is 10.3. The summed E-state index contributed by atoms with van der Waals surface area (Å²) in [5.74, 6) is 0.523. The highest BCUT2D eigenvalue weighted by molar-refractivity contribution is 7.89. The third kappa shape index (κ3) is 4.67. The zero-order chi connectivity index (χ0) is 22.0. The summed E-state index contributed by atoms with van der Waals surface area (Å²) >= 11 is 0. The van der Waals surface area contributed by atoms with Crippen molar-refractivity contribution in [1.82, 2.24) is 9.62 Å². The van der Waals surface area contributed by atoms with Crippen molar-refractivity contribution < 1.29 is 27.1 Å². The smallest absolute Gasteiger partial charge is 0.243 e. The lowest BCUT2D eigenvalue weighted by Crippen LogP contribution is -2.43. The number of carbonyl (C=O) groups excluding carboxylic acids is 1. The molecule has 4 rings (SSSR count). The predicted octanol–water partition coefficient (Wildman–Crippen LogP) is 2.88. The summed E-state index contributed by atoms with van der Waals surface area (Å²) in [6, 6.07) is 10.2. The molecule has 1 atom stereocenters. The van der Waals surface area contributed by atoms with Crippen LogP contribution in [0.3, 0.4) is 0 Å². The zero-order valence-electron chi connectivity index (χ0n) is 17.2.